The highest BCUT2D eigenvalue weighted by Crippen LogP contribution is 2.25. The molecule has 0 spiro atoms. The van der Waals surface area contributed by atoms with Gasteiger partial charge in [-0.1, -0.05) is 0 Å². The van der Waals surface area contributed by atoms with Crippen LogP contribution in [0.3, 0.4) is 0 Å². The molecule has 4 aromatic rings. The minimum atomic E-state index is -4.80. The smallest absolute Gasteiger partial charge is 0.456 e. The minimum absolute atomic E-state index is 0.0799. The third-order valence-electron chi connectivity index (χ3n) is 4.07. The van der Waals surface area contributed by atoms with E-state index in [0.717, 1.165) is 12.1 Å². The lowest BCUT2D eigenvalue weighted by Gasteiger charge is -2.09. The van der Waals surface area contributed by atoms with Gasteiger partial charge in [-0.15, -0.1) is 23.4 Å². The molecular weight excluding hydrogens is 427 g/mol. The molecule has 0 saturated heterocycles. The second-order valence-corrected chi connectivity index (χ2v) is 6.36. The van der Waals surface area contributed by atoms with Crippen molar-refractivity contribution in [3.63, 3.8) is 0 Å². The monoisotopic (exact) mass is 441 g/mol. The topological polar surface area (TPSA) is 102 Å². The van der Waals surface area contributed by atoms with E-state index in [0.29, 0.717) is 22.9 Å². The number of ether oxygens (including phenoxy) is 2. The predicted molar refractivity (Wildman–Crippen MR) is 107 cm³/mol. The second-order valence-electron chi connectivity index (χ2n) is 6.36. The molecule has 162 valence electrons. The van der Waals surface area contributed by atoms with E-state index in [-0.39, 0.29) is 11.5 Å². The van der Waals surface area contributed by atoms with Crippen molar-refractivity contribution in [3.8, 4) is 28.6 Å². The highest BCUT2D eigenvalue weighted by atomic mass is 19.4. The molecule has 0 saturated carbocycles. The maximum atomic E-state index is 12.3. The van der Waals surface area contributed by atoms with Crippen LogP contribution in [-0.2, 0) is 0 Å². The van der Waals surface area contributed by atoms with Gasteiger partial charge in [0.05, 0.1) is 6.20 Å². The first-order valence-corrected chi connectivity index (χ1v) is 9.14. The fourth-order valence-corrected chi connectivity index (χ4v) is 2.66. The van der Waals surface area contributed by atoms with Crippen LogP contribution in [0.5, 0.6) is 17.2 Å². The van der Waals surface area contributed by atoms with Gasteiger partial charge in [0.1, 0.15) is 17.2 Å². The summed E-state index contributed by atoms with van der Waals surface area (Å²) >= 11 is 0. The van der Waals surface area contributed by atoms with Crippen LogP contribution in [0, 0.1) is 0 Å². The van der Waals surface area contributed by atoms with Gasteiger partial charge in [0.2, 0.25) is 5.95 Å². The Labute approximate surface area is 179 Å². The second kappa shape index (κ2) is 8.76. The molecule has 0 aliphatic heterocycles. The number of pyridine rings is 1. The number of carbonyl (C=O) groups is 1. The van der Waals surface area contributed by atoms with E-state index in [1.807, 2.05) is 0 Å². The lowest BCUT2D eigenvalue weighted by atomic mass is 10.2. The van der Waals surface area contributed by atoms with Gasteiger partial charge in [-0.25, -0.2) is 0 Å². The summed E-state index contributed by atoms with van der Waals surface area (Å²) < 4.78 is 46.1. The van der Waals surface area contributed by atoms with Crippen LogP contribution in [0.2, 0.25) is 0 Å². The number of alkyl halides is 3. The molecule has 0 unspecified atom stereocenters. The molecule has 2 heterocycles. The fraction of sp³-hybridized carbons (Fsp3) is 0.0476. The molecule has 2 N–H and O–H groups in total. The van der Waals surface area contributed by atoms with Crippen molar-refractivity contribution in [2.24, 2.45) is 0 Å². The third-order valence-corrected chi connectivity index (χ3v) is 4.07. The number of nitrogens with one attached hydrogen (secondary N) is 2. The molecule has 0 aliphatic carbocycles. The summed E-state index contributed by atoms with van der Waals surface area (Å²) in [5.74, 6) is 0.688. The van der Waals surface area contributed by atoms with Crippen molar-refractivity contribution < 1.29 is 27.4 Å². The molecule has 32 heavy (non-hydrogen) atoms. The molecular formula is C21H14F3N5O3. The van der Waals surface area contributed by atoms with E-state index in [9.17, 15) is 18.0 Å². The Bertz CT molecular complexity index is 1190. The van der Waals surface area contributed by atoms with Crippen molar-refractivity contribution in [3.05, 3.63) is 78.6 Å². The van der Waals surface area contributed by atoms with Crippen LogP contribution in [0.4, 0.5) is 19.1 Å². The van der Waals surface area contributed by atoms with E-state index in [1.54, 1.807) is 48.8 Å². The van der Waals surface area contributed by atoms with E-state index in [1.165, 1.54) is 12.1 Å². The zero-order valence-corrected chi connectivity index (χ0v) is 16.1. The Morgan fingerprint density at radius 3 is 2.28 bits per heavy atom. The number of hydrogen-bond acceptors (Lipinski definition) is 6. The van der Waals surface area contributed by atoms with Gasteiger partial charge in [0.15, 0.2) is 5.82 Å². The van der Waals surface area contributed by atoms with Gasteiger partial charge in [-0.2, -0.15) is 0 Å². The van der Waals surface area contributed by atoms with Crippen molar-refractivity contribution in [2.75, 3.05) is 5.32 Å². The minimum Gasteiger partial charge on any atom is -0.456 e. The van der Waals surface area contributed by atoms with Gasteiger partial charge < -0.3 is 14.5 Å². The van der Waals surface area contributed by atoms with Crippen LogP contribution in [0.15, 0.2) is 73.1 Å². The third kappa shape index (κ3) is 5.39. The molecule has 2 aromatic heterocycles. The number of H-pyrrole nitrogens is 1. The first-order valence-electron chi connectivity index (χ1n) is 9.14. The van der Waals surface area contributed by atoms with E-state index in [2.05, 4.69) is 30.2 Å². The molecule has 0 aliphatic rings. The molecule has 11 heteroatoms. The van der Waals surface area contributed by atoms with Gasteiger partial charge in [-0.05, 0) is 60.7 Å². The Kier molecular flexibility index (Phi) is 5.71. The van der Waals surface area contributed by atoms with Crippen molar-refractivity contribution >= 4 is 11.9 Å². The number of benzene rings is 2. The molecule has 0 fully saturated rings. The normalized spacial score (nSPS) is 11.1. The molecule has 4 rings (SSSR count). The molecule has 0 radical (unpaired) electrons. The largest absolute Gasteiger partial charge is 0.573 e. The number of aromatic amines is 1. The summed E-state index contributed by atoms with van der Waals surface area (Å²) in [7, 11) is 0. The first-order chi connectivity index (χ1) is 15.4. The average Bonchev–Trinajstić information content (AvgIpc) is 3.23. The van der Waals surface area contributed by atoms with E-state index in [4.69, 9.17) is 4.74 Å². The number of halogens is 3. The fourth-order valence-electron chi connectivity index (χ4n) is 2.66. The number of hydrogen-bond donors (Lipinski definition) is 2. The van der Waals surface area contributed by atoms with Crippen LogP contribution in [0.25, 0.3) is 11.4 Å². The number of amides is 1. The molecule has 1 amide bonds. The Hall–Kier alpha value is -4.41. The maximum Gasteiger partial charge on any atom is 0.573 e. The Morgan fingerprint density at radius 2 is 1.62 bits per heavy atom. The van der Waals surface area contributed by atoms with Gasteiger partial charge >= 0.3 is 6.36 Å². The number of rotatable bonds is 6. The van der Waals surface area contributed by atoms with Crippen LogP contribution in [-0.4, -0.2) is 32.4 Å². The lowest BCUT2D eigenvalue weighted by molar-refractivity contribution is -0.274. The summed E-state index contributed by atoms with van der Waals surface area (Å²) in [6, 6.07) is 15.0. The van der Waals surface area contributed by atoms with Crippen molar-refractivity contribution in [1.82, 2.24) is 20.2 Å². The van der Waals surface area contributed by atoms with Gasteiger partial charge in [0, 0.05) is 17.3 Å². The van der Waals surface area contributed by atoms with Gasteiger partial charge in [-0.3, -0.25) is 15.1 Å². The number of anilines is 1. The molecule has 2 aromatic carbocycles. The van der Waals surface area contributed by atoms with Gasteiger partial charge in [0.25, 0.3) is 5.91 Å². The molecule has 0 atom stereocenters. The number of aromatic nitrogens is 4. The quantitative estimate of drug-likeness (QED) is 0.445. The molecule has 8 nitrogen and oxygen atoms in total. The average molecular weight is 441 g/mol. The lowest BCUT2D eigenvalue weighted by Crippen LogP contribution is -2.17. The zero-order valence-electron chi connectivity index (χ0n) is 16.1. The van der Waals surface area contributed by atoms with Crippen molar-refractivity contribution in [2.45, 2.75) is 6.36 Å². The van der Waals surface area contributed by atoms with Crippen LogP contribution < -0.4 is 14.8 Å². The highest BCUT2D eigenvalue weighted by molar-refractivity contribution is 6.03. The van der Waals surface area contributed by atoms with Crippen molar-refractivity contribution in [1.29, 1.82) is 0 Å². The standard InChI is InChI=1S/C21H14F3N5O3/c22-21(23,24)32-16-9-5-14(6-10-16)19(30)27-20-26-18(28-29-20)13-3-7-15(8-4-13)31-17-2-1-11-25-12-17/h1-12H,(H2,26,27,28,29,30). The molecule has 0 bridgehead atoms. The summed E-state index contributed by atoms with van der Waals surface area (Å²) in [6.07, 6.45) is -1.56. The maximum absolute atomic E-state index is 12.3. The summed E-state index contributed by atoms with van der Waals surface area (Å²) in [6.45, 7) is 0. The predicted octanol–water partition coefficient (Wildman–Crippen LogP) is 4.81. The number of carbonyl (C=O) groups excluding carboxylic acids is 1. The summed E-state index contributed by atoms with van der Waals surface area (Å²) in [5, 5.41) is 10.3. The number of nitrogens with zero attached hydrogens (tertiary/aromatic N) is 3. The Morgan fingerprint density at radius 1 is 0.906 bits per heavy atom. The van der Waals surface area contributed by atoms with Crippen LogP contribution >= 0.6 is 0 Å². The van der Waals surface area contributed by atoms with Crippen LogP contribution in [0.1, 0.15) is 10.4 Å². The van der Waals surface area contributed by atoms with E-state index >= 15 is 0 Å². The van der Waals surface area contributed by atoms with E-state index < -0.39 is 18.0 Å². The Balaban J connectivity index is 1.38. The SMILES string of the molecule is O=C(Nc1nnc(-c2ccc(Oc3cccnc3)cc2)[nH]1)c1ccc(OC(F)(F)F)cc1. The highest BCUT2D eigenvalue weighted by Gasteiger charge is 2.31. The summed E-state index contributed by atoms with van der Waals surface area (Å²) in [5.41, 5.74) is 0.819. The first kappa shape index (κ1) is 20.8. The zero-order chi connectivity index (χ0) is 22.6. The summed E-state index contributed by atoms with van der Waals surface area (Å²) in [4.78, 5) is 19.1.